The molecular weight excluding hydrogens is 304 g/mol. The van der Waals surface area contributed by atoms with Gasteiger partial charge in [0.25, 0.3) is 0 Å². The van der Waals surface area contributed by atoms with Gasteiger partial charge in [0.15, 0.2) is 11.4 Å². The van der Waals surface area contributed by atoms with Crippen LogP contribution in [0.15, 0.2) is 54.6 Å². The Kier molecular flexibility index (Phi) is 4.49. The number of hydrogen-bond acceptors (Lipinski definition) is 4. The lowest BCUT2D eigenvalue weighted by molar-refractivity contribution is -0.175. The second-order valence-corrected chi connectivity index (χ2v) is 5.95. The van der Waals surface area contributed by atoms with Gasteiger partial charge in [-0.2, -0.15) is 0 Å². The summed E-state index contributed by atoms with van der Waals surface area (Å²) < 4.78 is 5.15. The molecule has 4 nitrogen and oxygen atoms in total. The number of carbonyl (C=O) groups excluding carboxylic acids is 2. The van der Waals surface area contributed by atoms with Crippen LogP contribution in [0.4, 0.5) is 0 Å². The first-order valence-corrected chi connectivity index (χ1v) is 8.17. The highest BCUT2D eigenvalue weighted by molar-refractivity contribution is 6.01. The summed E-state index contributed by atoms with van der Waals surface area (Å²) >= 11 is 0. The third-order valence-corrected chi connectivity index (χ3v) is 4.54. The number of fused-ring (bicyclic) bond motifs is 1. The number of ketones is 1. The molecule has 1 N–H and O–H groups in total. The standard InChI is InChI=1S/C20H20O4/c1-2-24-19(22)20(23,17-11-5-6-13-18(17)21)16-12-7-9-14-8-3-4-10-15(14)16/h3-4,6-10,12-13,17,23H,2,5,11H2,1H3/t17-,20-/m1/s1. The molecule has 0 spiro atoms. The van der Waals surface area contributed by atoms with E-state index in [1.54, 1.807) is 25.1 Å². The molecule has 1 aliphatic rings. The van der Waals surface area contributed by atoms with Crippen molar-refractivity contribution in [2.75, 3.05) is 6.61 Å². The van der Waals surface area contributed by atoms with Crippen molar-refractivity contribution in [2.24, 2.45) is 5.92 Å². The van der Waals surface area contributed by atoms with Crippen molar-refractivity contribution >= 4 is 22.5 Å². The van der Waals surface area contributed by atoms with E-state index >= 15 is 0 Å². The van der Waals surface area contributed by atoms with E-state index in [0.29, 0.717) is 18.4 Å². The van der Waals surface area contributed by atoms with Gasteiger partial charge in [0, 0.05) is 5.56 Å². The molecule has 0 aliphatic heterocycles. The van der Waals surface area contributed by atoms with E-state index in [1.165, 1.54) is 6.08 Å². The zero-order valence-electron chi connectivity index (χ0n) is 13.6. The van der Waals surface area contributed by atoms with Gasteiger partial charge in [-0.1, -0.05) is 48.5 Å². The molecule has 0 radical (unpaired) electrons. The van der Waals surface area contributed by atoms with E-state index in [4.69, 9.17) is 4.74 Å². The number of benzene rings is 2. The fourth-order valence-corrected chi connectivity index (χ4v) is 3.37. The number of hydrogen-bond donors (Lipinski definition) is 1. The second-order valence-electron chi connectivity index (χ2n) is 5.95. The molecule has 2 aromatic carbocycles. The summed E-state index contributed by atoms with van der Waals surface area (Å²) in [5.41, 5.74) is -1.56. The van der Waals surface area contributed by atoms with Crippen molar-refractivity contribution < 1.29 is 19.4 Å². The van der Waals surface area contributed by atoms with Gasteiger partial charge in [-0.25, -0.2) is 4.79 Å². The minimum Gasteiger partial charge on any atom is -0.464 e. The van der Waals surface area contributed by atoms with Crippen molar-refractivity contribution in [3.63, 3.8) is 0 Å². The molecule has 0 heterocycles. The lowest BCUT2D eigenvalue weighted by atomic mass is 9.73. The maximum absolute atomic E-state index is 12.7. The van der Waals surface area contributed by atoms with Gasteiger partial charge in [-0.05, 0) is 36.6 Å². The van der Waals surface area contributed by atoms with E-state index in [-0.39, 0.29) is 12.4 Å². The minimum atomic E-state index is -1.99. The lowest BCUT2D eigenvalue weighted by Gasteiger charge is -2.34. The van der Waals surface area contributed by atoms with Gasteiger partial charge in [-0.3, -0.25) is 4.79 Å². The van der Waals surface area contributed by atoms with Crippen LogP contribution in [-0.4, -0.2) is 23.5 Å². The maximum Gasteiger partial charge on any atom is 0.343 e. The van der Waals surface area contributed by atoms with E-state index in [2.05, 4.69) is 0 Å². The molecule has 0 saturated heterocycles. The highest BCUT2D eigenvalue weighted by Crippen LogP contribution is 2.40. The summed E-state index contributed by atoms with van der Waals surface area (Å²) in [6.45, 7) is 1.83. The third kappa shape index (κ3) is 2.63. The maximum atomic E-state index is 12.7. The summed E-state index contributed by atoms with van der Waals surface area (Å²) in [7, 11) is 0. The molecule has 124 valence electrons. The van der Waals surface area contributed by atoms with E-state index in [0.717, 1.165) is 10.8 Å². The molecule has 0 bridgehead atoms. The average molecular weight is 324 g/mol. The molecule has 4 heteroatoms. The molecule has 2 atom stereocenters. The van der Waals surface area contributed by atoms with Gasteiger partial charge in [0.05, 0.1) is 12.5 Å². The van der Waals surface area contributed by atoms with Gasteiger partial charge < -0.3 is 9.84 Å². The predicted octanol–water partition coefficient (Wildman–Crippen LogP) is 3.13. The van der Waals surface area contributed by atoms with Crippen LogP contribution in [0.2, 0.25) is 0 Å². The highest BCUT2D eigenvalue weighted by atomic mass is 16.5. The van der Waals surface area contributed by atoms with Gasteiger partial charge in [-0.15, -0.1) is 0 Å². The van der Waals surface area contributed by atoms with E-state index in [9.17, 15) is 14.7 Å². The highest BCUT2D eigenvalue weighted by Gasteiger charge is 2.50. The molecule has 3 rings (SSSR count). The van der Waals surface area contributed by atoms with Crippen molar-refractivity contribution in [3.8, 4) is 0 Å². The SMILES string of the molecule is CCOC(=O)[C@@](O)(c1cccc2ccccc12)[C@@H]1CCC=CC1=O. The van der Waals surface area contributed by atoms with Crippen LogP contribution in [0.25, 0.3) is 10.8 Å². The van der Waals surface area contributed by atoms with Gasteiger partial charge >= 0.3 is 5.97 Å². The van der Waals surface area contributed by atoms with Crippen molar-refractivity contribution in [2.45, 2.75) is 25.4 Å². The quantitative estimate of drug-likeness (QED) is 0.878. The first-order chi connectivity index (χ1) is 11.6. The van der Waals surface area contributed by atoms with Gasteiger partial charge in [0.1, 0.15) is 0 Å². The number of aliphatic hydroxyl groups is 1. The van der Waals surface area contributed by atoms with Crippen LogP contribution < -0.4 is 0 Å². The van der Waals surface area contributed by atoms with Crippen molar-refractivity contribution in [1.82, 2.24) is 0 Å². The molecule has 0 fully saturated rings. The zero-order valence-corrected chi connectivity index (χ0v) is 13.6. The first kappa shape index (κ1) is 16.4. The molecule has 0 saturated carbocycles. The normalized spacial score (nSPS) is 19.9. The summed E-state index contributed by atoms with van der Waals surface area (Å²) in [4.78, 5) is 25.1. The van der Waals surface area contributed by atoms with Crippen LogP contribution in [0.1, 0.15) is 25.3 Å². The second kappa shape index (κ2) is 6.57. The topological polar surface area (TPSA) is 63.6 Å². The number of esters is 1. The van der Waals surface area contributed by atoms with Crippen LogP contribution >= 0.6 is 0 Å². The van der Waals surface area contributed by atoms with E-state index in [1.807, 2.05) is 30.3 Å². The summed E-state index contributed by atoms with van der Waals surface area (Å²) in [5, 5.41) is 13.1. The predicted molar refractivity (Wildman–Crippen MR) is 91.3 cm³/mol. The van der Waals surface area contributed by atoms with Crippen LogP contribution in [0.3, 0.4) is 0 Å². The molecule has 1 aliphatic carbocycles. The zero-order chi connectivity index (χ0) is 17.2. The molecular formula is C20H20O4. The average Bonchev–Trinajstić information content (AvgIpc) is 2.61. The van der Waals surface area contributed by atoms with Gasteiger partial charge in [0.2, 0.25) is 0 Å². The Morgan fingerprint density at radius 3 is 2.75 bits per heavy atom. The van der Waals surface area contributed by atoms with Crippen LogP contribution in [-0.2, 0) is 19.9 Å². The number of ether oxygens (including phenoxy) is 1. The Bertz CT molecular complexity index is 803. The Labute approximate surface area is 140 Å². The molecule has 0 aromatic heterocycles. The van der Waals surface area contributed by atoms with Crippen LogP contribution in [0.5, 0.6) is 0 Å². The number of rotatable bonds is 4. The third-order valence-electron chi connectivity index (χ3n) is 4.54. The monoisotopic (exact) mass is 324 g/mol. The first-order valence-electron chi connectivity index (χ1n) is 8.17. The molecule has 24 heavy (non-hydrogen) atoms. The summed E-state index contributed by atoms with van der Waals surface area (Å²) in [6, 6.07) is 12.9. The number of carbonyl (C=O) groups is 2. The smallest absolute Gasteiger partial charge is 0.343 e. The molecule has 0 unspecified atom stereocenters. The Balaban J connectivity index is 2.22. The minimum absolute atomic E-state index is 0.142. The summed E-state index contributed by atoms with van der Waals surface area (Å²) in [6.07, 6.45) is 4.27. The molecule has 2 aromatic rings. The largest absolute Gasteiger partial charge is 0.464 e. The van der Waals surface area contributed by atoms with Crippen LogP contribution in [0, 0.1) is 5.92 Å². The van der Waals surface area contributed by atoms with Crippen molar-refractivity contribution in [1.29, 1.82) is 0 Å². The molecule has 0 amide bonds. The fourth-order valence-electron chi connectivity index (χ4n) is 3.37. The fraction of sp³-hybridized carbons (Fsp3) is 0.300. The van der Waals surface area contributed by atoms with E-state index < -0.39 is 17.5 Å². The van der Waals surface area contributed by atoms with Crippen molar-refractivity contribution in [3.05, 3.63) is 60.2 Å². The number of allylic oxidation sites excluding steroid dienone is 2. The Morgan fingerprint density at radius 1 is 1.25 bits per heavy atom. The summed E-state index contributed by atoms with van der Waals surface area (Å²) in [5.74, 6) is -1.85. The Hall–Kier alpha value is -2.46. The lowest BCUT2D eigenvalue weighted by Crippen LogP contribution is -2.48. The Morgan fingerprint density at radius 2 is 2.00 bits per heavy atom.